The van der Waals surface area contributed by atoms with Crippen molar-refractivity contribution in [3.8, 4) is 0 Å². The SMILES string of the molecule is C[C@H]([NH2+]CC(=O)Nc1ccc(Cl)cc1C(=O)c1ccccc1)c1ccco1. The first-order valence-corrected chi connectivity index (χ1v) is 8.98. The molecule has 1 heterocycles. The number of furan rings is 1. The van der Waals surface area contributed by atoms with Gasteiger partial charge in [-0.2, -0.15) is 0 Å². The van der Waals surface area contributed by atoms with Gasteiger partial charge in [-0.15, -0.1) is 0 Å². The molecule has 0 radical (unpaired) electrons. The van der Waals surface area contributed by atoms with Crippen molar-refractivity contribution < 1.29 is 19.3 Å². The lowest BCUT2D eigenvalue weighted by molar-refractivity contribution is -0.684. The van der Waals surface area contributed by atoms with Crippen LogP contribution in [0.5, 0.6) is 0 Å². The Bertz CT molecular complexity index is 924. The van der Waals surface area contributed by atoms with Gasteiger partial charge in [0.05, 0.1) is 12.0 Å². The number of halogens is 1. The van der Waals surface area contributed by atoms with Crippen molar-refractivity contribution >= 4 is 29.0 Å². The van der Waals surface area contributed by atoms with Crippen molar-refractivity contribution in [2.75, 3.05) is 11.9 Å². The average molecular weight is 384 g/mol. The molecule has 138 valence electrons. The van der Waals surface area contributed by atoms with Gasteiger partial charge in [0.25, 0.3) is 5.91 Å². The summed E-state index contributed by atoms with van der Waals surface area (Å²) in [6.07, 6.45) is 1.61. The van der Waals surface area contributed by atoms with Crippen LogP contribution >= 0.6 is 11.6 Å². The fourth-order valence-corrected chi connectivity index (χ4v) is 2.88. The van der Waals surface area contributed by atoms with E-state index in [4.69, 9.17) is 16.0 Å². The molecule has 0 unspecified atom stereocenters. The average Bonchev–Trinajstić information content (AvgIpc) is 3.22. The summed E-state index contributed by atoms with van der Waals surface area (Å²) in [6, 6.07) is 17.4. The highest BCUT2D eigenvalue weighted by Crippen LogP contribution is 2.23. The minimum absolute atomic E-state index is 0.0152. The maximum atomic E-state index is 12.8. The molecule has 0 aliphatic carbocycles. The minimum Gasteiger partial charge on any atom is -0.463 e. The number of quaternary nitrogens is 1. The first-order chi connectivity index (χ1) is 13.0. The summed E-state index contributed by atoms with van der Waals surface area (Å²) in [7, 11) is 0. The molecule has 3 rings (SSSR count). The number of nitrogens with one attached hydrogen (secondary N) is 1. The van der Waals surface area contributed by atoms with E-state index >= 15 is 0 Å². The minimum atomic E-state index is -0.210. The maximum absolute atomic E-state index is 12.8. The quantitative estimate of drug-likeness (QED) is 0.614. The maximum Gasteiger partial charge on any atom is 0.279 e. The molecule has 0 saturated carbocycles. The van der Waals surface area contributed by atoms with E-state index in [-0.39, 0.29) is 24.3 Å². The van der Waals surface area contributed by atoms with Gasteiger partial charge >= 0.3 is 0 Å². The summed E-state index contributed by atoms with van der Waals surface area (Å²) in [5.41, 5.74) is 1.34. The van der Waals surface area contributed by atoms with Gasteiger partial charge < -0.3 is 15.1 Å². The Morgan fingerprint density at radius 3 is 2.59 bits per heavy atom. The van der Waals surface area contributed by atoms with Crippen molar-refractivity contribution in [1.82, 2.24) is 0 Å². The third kappa shape index (κ3) is 4.84. The summed E-state index contributed by atoms with van der Waals surface area (Å²) in [6.45, 7) is 2.15. The molecular weight excluding hydrogens is 364 g/mol. The van der Waals surface area contributed by atoms with E-state index in [0.29, 0.717) is 21.8 Å². The summed E-state index contributed by atoms with van der Waals surface area (Å²) in [5.74, 6) is 0.397. The Balaban J connectivity index is 1.71. The molecule has 6 heteroatoms. The van der Waals surface area contributed by atoms with Crippen LogP contribution < -0.4 is 10.6 Å². The third-order valence-electron chi connectivity index (χ3n) is 4.19. The molecule has 1 aromatic heterocycles. The Morgan fingerprint density at radius 1 is 1.11 bits per heavy atom. The van der Waals surface area contributed by atoms with Gasteiger partial charge in [0.2, 0.25) is 0 Å². The molecule has 0 bridgehead atoms. The van der Waals surface area contributed by atoms with E-state index in [2.05, 4.69) is 5.32 Å². The van der Waals surface area contributed by atoms with E-state index in [1.54, 1.807) is 48.7 Å². The van der Waals surface area contributed by atoms with Crippen LogP contribution in [0.2, 0.25) is 5.02 Å². The van der Waals surface area contributed by atoms with Crippen LogP contribution in [0.15, 0.2) is 71.3 Å². The van der Waals surface area contributed by atoms with Gasteiger partial charge in [0.1, 0.15) is 6.04 Å². The molecule has 5 nitrogen and oxygen atoms in total. The number of hydrogen-bond acceptors (Lipinski definition) is 3. The molecule has 2 aromatic carbocycles. The van der Waals surface area contributed by atoms with Gasteiger partial charge in [-0.25, -0.2) is 0 Å². The molecule has 0 aliphatic rings. The predicted molar refractivity (Wildman–Crippen MR) is 104 cm³/mol. The van der Waals surface area contributed by atoms with E-state index in [1.165, 1.54) is 0 Å². The molecule has 0 aliphatic heterocycles. The summed E-state index contributed by atoms with van der Waals surface area (Å²) < 4.78 is 5.34. The Labute approximate surface area is 162 Å². The van der Waals surface area contributed by atoms with Crippen LogP contribution in [0.3, 0.4) is 0 Å². The highest BCUT2D eigenvalue weighted by Gasteiger charge is 2.18. The first kappa shape index (κ1) is 18.9. The van der Waals surface area contributed by atoms with Crippen LogP contribution in [0.4, 0.5) is 5.69 Å². The Hall–Kier alpha value is -2.89. The van der Waals surface area contributed by atoms with Gasteiger partial charge in [0, 0.05) is 16.1 Å². The lowest BCUT2D eigenvalue weighted by Gasteiger charge is -2.12. The van der Waals surface area contributed by atoms with E-state index in [9.17, 15) is 9.59 Å². The number of carbonyl (C=O) groups excluding carboxylic acids is 2. The molecule has 3 N–H and O–H groups in total. The topological polar surface area (TPSA) is 75.9 Å². The Kier molecular flexibility index (Phi) is 6.06. The molecule has 1 amide bonds. The number of anilines is 1. The molecule has 3 aromatic rings. The molecule has 27 heavy (non-hydrogen) atoms. The standard InChI is InChI=1S/C21H19ClN2O3/c1-14(19-8-5-11-27-19)23-13-20(25)24-18-10-9-16(22)12-17(18)21(26)15-6-3-2-4-7-15/h2-12,14,23H,13H2,1H3,(H,24,25)/p+1/t14-/m0/s1. The zero-order chi connectivity index (χ0) is 19.2. The lowest BCUT2D eigenvalue weighted by Crippen LogP contribution is -2.86. The summed E-state index contributed by atoms with van der Waals surface area (Å²) in [4.78, 5) is 25.2. The second-order valence-corrected chi connectivity index (χ2v) is 6.61. The fourth-order valence-electron chi connectivity index (χ4n) is 2.71. The molecular formula is C21H20ClN2O3+. The molecule has 0 spiro atoms. The number of amides is 1. The van der Waals surface area contributed by atoms with Crippen LogP contribution in [0, 0.1) is 0 Å². The molecule has 0 fully saturated rings. The second kappa shape index (κ2) is 8.66. The highest BCUT2D eigenvalue weighted by molar-refractivity contribution is 6.31. The second-order valence-electron chi connectivity index (χ2n) is 6.18. The van der Waals surface area contributed by atoms with Gasteiger partial charge in [-0.05, 0) is 37.3 Å². The largest absolute Gasteiger partial charge is 0.463 e. The Morgan fingerprint density at radius 2 is 1.89 bits per heavy atom. The summed E-state index contributed by atoms with van der Waals surface area (Å²) in [5, 5.41) is 5.11. The van der Waals surface area contributed by atoms with Crippen molar-refractivity contribution in [2.45, 2.75) is 13.0 Å². The van der Waals surface area contributed by atoms with E-state index in [1.807, 2.05) is 30.4 Å². The smallest absolute Gasteiger partial charge is 0.279 e. The number of rotatable bonds is 7. The van der Waals surface area contributed by atoms with Gasteiger partial charge in [-0.3, -0.25) is 9.59 Å². The lowest BCUT2D eigenvalue weighted by atomic mass is 10.0. The van der Waals surface area contributed by atoms with Crippen LogP contribution in [0.1, 0.15) is 34.6 Å². The first-order valence-electron chi connectivity index (χ1n) is 8.60. The number of ketones is 1. The van der Waals surface area contributed by atoms with E-state index in [0.717, 1.165) is 5.76 Å². The van der Waals surface area contributed by atoms with Crippen LogP contribution in [0.25, 0.3) is 0 Å². The molecule has 0 saturated heterocycles. The third-order valence-corrected chi connectivity index (χ3v) is 4.42. The van der Waals surface area contributed by atoms with Gasteiger partial charge in [0.15, 0.2) is 18.1 Å². The zero-order valence-electron chi connectivity index (χ0n) is 14.8. The number of benzene rings is 2. The predicted octanol–water partition coefficient (Wildman–Crippen LogP) is 3.43. The van der Waals surface area contributed by atoms with Crippen LogP contribution in [-0.2, 0) is 4.79 Å². The number of nitrogens with two attached hydrogens (primary N) is 1. The van der Waals surface area contributed by atoms with Crippen molar-refractivity contribution in [3.63, 3.8) is 0 Å². The summed E-state index contributed by atoms with van der Waals surface area (Å²) >= 11 is 6.06. The van der Waals surface area contributed by atoms with Crippen molar-refractivity contribution in [3.05, 3.63) is 88.8 Å². The van der Waals surface area contributed by atoms with Crippen molar-refractivity contribution in [2.24, 2.45) is 0 Å². The normalized spacial score (nSPS) is 11.8. The number of hydrogen-bond donors (Lipinski definition) is 2. The zero-order valence-corrected chi connectivity index (χ0v) is 15.6. The van der Waals surface area contributed by atoms with E-state index < -0.39 is 0 Å². The van der Waals surface area contributed by atoms with Gasteiger partial charge in [-0.1, -0.05) is 41.9 Å². The fraction of sp³-hybridized carbons (Fsp3) is 0.143. The molecule has 1 atom stereocenters. The van der Waals surface area contributed by atoms with Crippen molar-refractivity contribution in [1.29, 1.82) is 0 Å². The number of carbonyl (C=O) groups is 2. The van der Waals surface area contributed by atoms with Crippen LogP contribution in [-0.4, -0.2) is 18.2 Å². The monoisotopic (exact) mass is 383 g/mol. The highest BCUT2D eigenvalue weighted by atomic mass is 35.5.